The van der Waals surface area contributed by atoms with Gasteiger partial charge in [-0.2, -0.15) is 0 Å². The van der Waals surface area contributed by atoms with E-state index in [0.717, 1.165) is 4.90 Å². The Bertz CT molecular complexity index is 937. The summed E-state index contributed by atoms with van der Waals surface area (Å²) in [5, 5.41) is 0.827. The molecule has 0 fully saturated rings. The number of nitrogens with zero attached hydrogens (tertiary/aromatic N) is 2. The summed E-state index contributed by atoms with van der Waals surface area (Å²) in [6.07, 6.45) is 0.647. The molecule has 0 bridgehead atoms. The Balaban J connectivity index is 2.10. The first-order valence-electron chi connectivity index (χ1n) is 8.18. The molecule has 0 aliphatic carbocycles. The zero-order valence-electron chi connectivity index (χ0n) is 14.1. The van der Waals surface area contributed by atoms with Gasteiger partial charge in [-0.3, -0.25) is 29.0 Å². The zero-order valence-corrected chi connectivity index (χ0v) is 14.1. The maximum absolute atomic E-state index is 12.9. The van der Waals surface area contributed by atoms with Gasteiger partial charge >= 0.3 is 0 Å². The smallest absolute Gasteiger partial charge is 0.261 e. The highest BCUT2D eigenvalue weighted by Gasteiger charge is 2.39. The molecule has 4 amide bonds. The number of imide groups is 2. The number of hydrogen-bond donors (Lipinski definition) is 0. The molecule has 0 saturated carbocycles. The Morgan fingerprint density at radius 2 is 1.12 bits per heavy atom. The maximum atomic E-state index is 12.9. The van der Waals surface area contributed by atoms with Crippen LogP contribution in [0.3, 0.4) is 0 Å². The van der Waals surface area contributed by atoms with Crippen LogP contribution in [0.2, 0.25) is 0 Å². The summed E-state index contributed by atoms with van der Waals surface area (Å²) < 4.78 is 0. The molecule has 2 aliphatic rings. The van der Waals surface area contributed by atoms with E-state index in [1.165, 1.54) is 11.9 Å². The standard InChI is InChI=1S/C19H16N2O4/c1-4-9(2)21-18(24)12-7-5-10-14-11(17(23)20(3)16(10)22)6-8-13(15(12)14)19(21)25/h5-9H,4H2,1-3H3. The minimum absolute atomic E-state index is 0.232. The van der Waals surface area contributed by atoms with Crippen molar-refractivity contribution in [3.8, 4) is 0 Å². The second kappa shape index (κ2) is 4.99. The van der Waals surface area contributed by atoms with Crippen molar-refractivity contribution < 1.29 is 19.2 Å². The number of amides is 4. The van der Waals surface area contributed by atoms with Crippen LogP contribution in [0.4, 0.5) is 0 Å². The van der Waals surface area contributed by atoms with Gasteiger partial charge in [-0.15, -0.1) is 0 Å². The van der Waals surface area contributed by atoms with E-state index in [4.69, 9.17) is 0 Å². The molecule has 0 spiro atoms. The number of rotatable bonds is 2. The van der Waals surface area contributed by atoms with Crippen molar-refractivity contribution >= 4 is 34.4 Å². The van der Waals surface area contributed by atoms with Gasteiger partial charge in [-0.05, 0) is 37.6 Å². The van der Waals surface area contributed by atoms with Gasteiger partial charge in [0.15, 0.2) is 0 Å². The van der Waals surface area contributed by atoms with Crippen LogP contribution in [-0.4, -0.2) is 46.5 Å². The van der Waals surface area contributed by atoms with Crippen LogP contribution in [0, 0.1) is 0 Å². The minimum atomic E-state index is -0.426. The molecule has 0 radical (unpaired) electrons. The minimum Gasteiger partial charge on any atom is -0.277 e. The average Bonchev–Trinajstić information content (AvgIpc) is 2.62. The summed E-state index contributed by atoms with van der Waals surface area (Å²) in [7, 11) is 1.42. The van der Waals surface area contributed by atoms with E-state index in [-0.39, 0.29) is 17.9 Å². The molecule has 126 valence electrons. The van der Waals surface area contributed by atoms with Crippen molar-refractivity contribution in [1.29, 1.82) is 0 Å². The third-order valence-corrected chi connectivity index (χ3v) is 5.16. The fourth-order valence-corrected chi connectivity index (χ4v) is 3.60. The van der Waals surface area contributed by atoms with Crippen LogP contribution in [0.1, 0.15) is 61.7 Å². The molecule has 2 aromatic rings. The molecule has 2 heterocycles. The van der Waals surface area contributed by atoms with Crippen molar-refractivity contribution in [3.63, 3.8) is 0 Å². The highest BCUT2D eigenvalue weighted by Crippen LogP contribution is 2.38. The van der Waals surface area contributed by atoms with Crippen molar-refractivity contribution in [1.82, 2.24) is 9.80 Å². The van der Waals surface area contributed by atoms with Crippen molar-refractivity contribution in [2.75, 3.05) is 7.05 Å². The number of benzene rings is 2. The molecular weight excluding hydrogens is 320 g/mol. The first-order chi connectivity index (χ1) is 11.9. The van der Waals surface area contributed by atoms with Gasteiger partial charge in [0.2, 0.25) is 0 Å². The van der Waals surface area contributed by atoms with Gasteiger partial charge in [-0.1, -0.05) is 6.92 Å². The summed E-state index contributed by atoms with van der Waals surface area (Å²) in [6.45, 7) is 3.74. The molecule has 1 unspecified atom stereocenters. The van der Waals surface area contributed by atoms with E-state index in [1.54, 1.807) is 24.3 Å². The van der Waals surface area contributed by atoms with Crippen molar-refractivity contribution in [2.24, 2.45) is 0 Å². The summed E-state index contributed by atoms with van der Waals surface area (Å²) in [5.41, 5.74) is 1.41. The Morgan fingerprint density at radius 3 is 1.48 bits per heavy atom. The maximum Gasteiger partial charge on any atom is 0.261 e. The Kier molecular flexibility index (Phi) is 3.09. The van der Waals surface area contributed by atoms with Crippen LogP contribution in [-0.2, 0) is 0 Å². The van der Waals surface area contributed by atoms with E-state index in [0.29, 0.717) is 39.4 Å². The zero-order chi connectivity index (χ0) is 18.0. The lowest BCUT2D eigenvalue weighted by molar-refractivity contribution is 0.0543. The monoisotopic (exact) mass is 336 g/mol. The van der Waals surface area contributed by atoms with Crippen LogP contribution < -0.4 is 0 Å². The summed E-state index contributed by atoms with van der Waals surface area (Å²) in [6, 6.07) is 6.06. The first kappa shape index (κ1) is 15.5. The lowest BCUT2D eigenvalue weighted by atomic mass is 9.85. The van der Waals surface area contributed by atoms with Crippen LogP contribution in [0.25, 0.3) is 10.8 Å². The Hall–Kier alpha value is -3.02. The van der Waals surface area contributed by atoms with E-state index >= 15 is 0 Å². The highest BCUT2D eigenvalue weighted by molar-refractivity contribution is 6.33. The lowest BCUT2D eigenvalue weighted by Gasteiger charge is -2.33. The molecule has 0 saturated heterocycles. The third-order valence-electron chi connectivity index (χ3n) is 5.16. The quantitative estimate of drug-likeness (QED) is 0.790. The Labute approximate surface area is 144 Å². The topological polar surface area (TPSA) is 74.8 Å². The number of carbonyl (C=O) groups excluding carboxylic acids is 4. The van der Waals surface area contributed by atoms with E-state index in [1.807, 2.05) is 13.8 Å². The summed E-state index contributed by atoms with van der Waals surface area (Å²) >= 11 is 0. The number of carbonyl (C=O) groups is 4. The van der Waals surface area contributed by atoms with Crippen LogP contribution in [0.5, 0.6) is 0 Å². The van der Waals surface area contributed by atoms with Crippen LogP contribution >= 0.6 is 0 Å². The SMILES string of the molecule is CCC(C)N1C(=O)c2ccc3c4c(ccc(c24)C1=O)C(=O)N(C)C3=O. The molecule has 2 aromatic carbocycles. The summed E-state index contributed by atoms with van der Waals surface area (Å²) in [5.74, 6) is -1.61. The second-order valence-corrected chi connectivity index (χ2v) is 6.48. The molecule has 0 aromatic heterocycles. The molecule has 1 atom stereocenters. The third kappa shape index (κ3) is 1.79. The molecule has 2 aliphatic heterocycles. The van der Waals surface area contributed by atoms with E-state index < -0.39 is 11.8 Å². The van der Waals surface area contributed by atoms with E-state index in [9.17, 15) is 19.2 Å². The first-order valence-corrected chi connectivity index (χ1v) is 8.18. The van der Waals surface area contributed by atoms with Gasteiger partial charge in [0.25, 0.3) is 23.6 Å². The molecule has 6 heteroatoms. The Morgan fingerprint density at radius 1 is 0.760 bits per heavy atom. The van der Waals surface area contributed by atoms with Crippen molar-refractivity contribution in [2.45, 2.75) is 26.3 Å². The van der Waals surface area contributed by atoms with Gasteiger partial charge in [0.1, 0.15) is 0 Å². The fourth-order valence-electron chi connectivity index (χ4n) is 3.60. The molecule has 25 heavy (non-hydrogen) atoms. The lowest BCUT2D eigenvalue weighted by Crippen LogP contribution is -2.46. The molecule has 6 nitrogen and oxygen atoms in total. The fraction of sp³-hybridized carbons (Fsp3) is 0.263. The van der Waals surface area contributed by atoms with Gasteiger partial charge in [0, 0.05) is 46.1 Å². The van der Waals surface area contributed by atoms with Gasteiger partial charge < -0.3 is 0 Å². The number of hydrogen-bond acceptors (Lipinski definition) is 4. The van der Waals surface area contributed by atoms with Gasteiger partial charge in [-0.25, -0.2) is 0 Å². The summed E-state index contributed by atoms with van der Waals surface area (Å²) in [4.78, 5) is 53.0. The predicted octanol–water partition coefficient (Wildman–Crippen LogP) is 2.46. The highest BCUT2D eigenvalue weighted by atomic mass is 16.2. The average molecular weight is 336 g/mol. The molecule has 4 rings (SSSR count). The normalized spacial score (nSPS) is 17.6. The molecular formula is C19H16N2O4. The predicted molar refractivity (Wildman–Crippen MR) is 90.6 cm³/mol. The van der Waals surface area contributed by atoms with Crippen LogP contribution in [0.15, 0.2) is 24.3 Å². The van der Waals surface area contributed by atoms with Crippen molar-refractivity contribution in [3.05, 3.63) is 46.5 Å². The largest absolute Gasteiger partial charge is 0.277 e. The van der Waals surface area contributed by atoms with E-state index in [2.05, 4.69) is 0 Å². The second-order valence-electron chi connectivity index (χ2n) is 6.48. The molecule has 0 N–H and O–H groups in total. The van der Waals surface area contributed by atoms with Gasteiger partial charge in [0.05, 0.1) is 0 Å².